The summed E-state index contributed by atoms with van der Waals surface area (Å²) >= 11 is 0. The molecule has 35 heavy (non-hydrogen) atoms. The molecular weight excluding hydrogens is 471 g/mol. The van der Waals surface area contributed by atoms with E-state index in [4.69, 9.17) is 9.84 Å². The van der Waals surface area contributed by atoms with E-state index in [-0.39, 0.29) is 12.5 Å². The Kier molecular flexibility index (Phi) is 6.37. The zero-order chi connectivity index (χ0) is 25.3. The maximum Gasteiger partial charge on any atom is 0.409 e. The number of nitrogens with zero attached hydrogens (tertiary/aromatic N) is 1. The van der Waals surface area contributed by atoms with Crippen molar-refractivity contribution < 1.29 is 42.2 Å². The average molecular weight is 491 g/mol. The van der Waals surface area contributed by atoms with Gasteiger partial charge in [0.2, 0.25) is 11.8 Å². The van der Waals surface area contributed by atoms with E-state index in [1.54, 1.807) is 5.32 Å². The van der Waals surface area contributed by atoms with E-state index >= 15 is 0 Å². The van der Waals surface area contributed by atoms with E-state index in [1.165, 1.54) is 0 Å². The molecule has 2 unspecified atom stereocenters. The van der Waals surface area contributed by atoms with Crippen molar-refractivity contribution in [3.8, 4) is 11.1 Å². The van der Waals surface area contributed by atoms with Gasteiger partial charge in [0.25, 0.3) is 0 Å². The standard InChI is InChI=1S/C23H20F3N3O6/c24-23(25,26)18(10-20(31)29-17(21(32)33)9-19(30)28-29)27-22(34)35-11-16-14-7-3-1-5-12(14)13-6-2-4-8-15(13)16/h1-8,16-18H,9-11H2,(H,27,34)(H,28,30)(H,32,33). The molecular formula is C23H20F3N3O6. The minimum Gasteiger partial charge on any atom is -0.480 e. The van der Waals surface area contributed by atoms with Crippen molar-refractivity contribution >= 4 is 23.9 Å². The number of aliphatic carboxylic acids is 1. The molecule has 2 aromatic rings. The van der Waals surface area contributed by atoms with Crippen LogP contribution in [0.25, 0.3) is 11.1 Å². The summed E-state index contributed by atoms with van der Waals surface area (Å²) in [5.41, 5.74) is 5.55. The van der Waals surface area contributed by atoms with Gasteiger partial charge in [-0.3, -0.25) is 15.0 Å². The number of hydrazine groups is 1. The number of amides is 3. The SMILES string of the molecule is O=C1CC(C(=O)O)N(C(=O)CC(NC(=O)OCC2c3ccccc3-c3ccccc32)C(F)(F)F)N1. The van der Waals surface area contributed by atoms with E-state index in [0.717, 1.165) is 22.3 Å². The van der Waals surface area contributed by atoms with Gasteiger partial charge in [0.15, 0.2) is 6.04 Å². The fourth-order valence-electron chi connectivity index (χ4n) is 4.26. The van der Waals surface area contributed by atoms with Crippen LogP contribution in [0.3, 0.4) is 0 Å². The number of fused-ring (bicyclic) bond motifs is 3. The molecule has 0 radical (unpaired) electrons. The molecule has 0 saturated carbocycles. The van der Waals surface area contributed by atoms with Crippen LogP contribution in [0.2, 0.25) is 0 Å². The molecule has 4 rings (SSSR count). The number of nitrogens with one attached hydrogen (secondary N) is 2. The molecule has 1 aliphatic carbocycles. The number of hydrogen-bond donors (Lipinski definition) is 3. The Labute approximate surface area is 196 Å². The van der Waals surface area contributed by atoms with Crippen molar-refractivity contribution in [2.24, 2.45) is 0 Å². The molecule has 0 bridgehead atoms. The number of rotatable bonds is 6. The van der Waals surface area contributed by atoms with Crippen molar-refractivity contribution in [2.75, 3.05) is 6.61 Å². The smallest absolute Gasteiger partial charge is 0.409 e. The third-order valence-corrected chi connectivity index (χ3v) is 5.90. The highest BCUT2D eigenvalue weighted by Gasteiger charge is 2.46. The Morgan fingerprint density at radius 2 is 1.66 bits per heavy atom. The highest BCUT2D eigenvalue weighted by molar-refractivity contribution is 5.94. The lowest BCUT2D eigenvalue weighted by atomic mass is 9.98. The lowest BCUT2D eigenvalue weighted by Gasteiger charge is -2.25. The van der Waals surface area contributed by atoms with Gasteiger partial charge in [-0.15, -0.1) is 0 Å². The van der Waals surface area contributed by atoms with Crippen molar-refractivity contribution in [3.63, 3.8) is 0 Å². The number of carboxylic acids is 1. The topological polar surface area (TPSA) is 125 Å². The van der Waals surface area contributed by atoms with Crippen molar-refractivity contribution in [2.45, 2.75) is 37.0 Å². The third-order valence-electron chi connectivity index (χ3n) is 5.90. The van der Waals surface area contributed by atoms with Gasteiger partial charge in [-0.25, -0.2) is 14.6 Å². The fourth-order valence-corrected chi connectivity index (χ4v) is 4.26. The van der Waals surface area contributed by atoms with Crippen LogP contribution < -0.4 is 10.7 Å². The highest BCUT2D eigenvalue weighted by atomic mass is 19.4. The van der Waals surface area contributed by atoms with Crippen LogP contribution in [-0.2, 0) is 19.1 Å². The monoisotopic (exact) mass is 491 g/mol. The first-order chi connectivity index (χ1) is 16.6. The Hall–Kier alpha value is -4.09. The molecule has 9 nitrogen and oxygen atoms in total. The summed E-state index contributed by atoms with van der Waals surface area (Å²) in [6, 6.07) is 10.5. The minimum atomic E-state index is -5.04. The molecule has 3 amide bonds. The van der Waals surface area contributed by atoms with Crippen LogP contribution in [0.5, 0.6) is 0 Å². The Morgan fingerprint density at radius 3 is 2.20 bits per heavy atom. The second-order valence-corrected chi connectivity index (χ2v) is 8.13. The van der Waals surface area contributed by atoms with Crippen LogP contribution in [0, 0.1) is 0 Å². The van der Waals surface area contributed by atoms with Crippen molar-refractivity contribution in [1.82, 2.24) is 15.8 Å². The van der Waals surface area contributed by atoms with E-state index < -0.39 is 55.0 Å². The number of hydrogen-bond acceptors (Lipinski definition) is 5. The molecule has 184 valence electrons. The Balaban J connectivity index is 1.42. The third kappa shape index (κ3) is 4.91. The Bertz CT molecular complexity index is 1140. The van der Waals surface area contributed by atoms with Crippen LogP contribution in [0.15, 0.2) is 48.5 Å². The average Bonchev–Trinajstić information content (AvgIpc) is 3.35. The first kappa shape index (κ1) is 24.0. The number of carboxylic acid groups (broad SMARTS) is 1. The Morgan fingerprint density at radius 1 is 1.09 bits per heavy atom. The number of alkyl halides is 3. The van der Waals surface area contributed by atoms with Gasteiger partial charge in [-0.1, -0.05) is 48.5 Å². The fraction of sp³-hybridized carbons (Fsp3) is 0.304. The van der Waals surface area contributed by atoms with Gasteiger partial charge < -0.3 is 15.2 Å². The molecule has 0 spiro atoms. The van der Waals surface area contributed by atoms with E-state index in [9.17, 15) is 32.3 Å². The zero-order valence-corrected chi connectivity index (χ0v) is 18.0. The molecule has 1 aliphatic heterocycles. The first-order valence-electron chi connectivity index (χ1n) is 10.6. The van der Waals surface area contributed by atoms with Crippen molar-refractivity contribution in [3.05, 3.63) is 59.7 Å². The summed E-state index contributed by atoms with van der Waals surface area (Å²) < 4.78 is 45.8. The number of ether oxygens (including phenoxy) is 1. The van der Waals surface area contributed by atoms with Gasteiger partial charge in [0.1, 0.15) is 12.6 Å². The van der Waals surface area contributed by atoms with E-state index in [1.807, 2.05) is 54.0 Å². The minimum absolute atomic E-state index is 0.234. The van der Waals surface area contributed by atoms with Gasteiger partial charge in [-0.2, -0.15) is 13.2 Å². The quantitative estimate of drug-likeness (QED) is 0.571. The zero-order valence-electron chi connectivity index (χ0n) is 18.0. The van der Waals surface area contributed by atoms with E-state index in [2.05, 4.69) is 0 Å². The number of carbonyl (C=O) groups is 4. The summed E-state index contributed by atoms with van der Waals surface area (Å²) in [5.74, 6) is -4.07. The summed E-state index contributed by atoms with van der Waals surface area (Å²) in [5, 5.41) is 11.1. The molecule has 2 aliphatic rings. The predicted molar refractivity (Wildman–Crippen MR) is 114 cm³/mol. The second-order valence-electron chi connectivity index (χ2n) is 8.13. The summed E-state index contributed by atoms with van der Waals surface area (Å²) in [7, 11) is 0. The van der Waals surface area contributed by atoms with Crippen LogP contribution in [0.1, 0.15) is 29.9 Å². The summed E-state index contributed by atoms with van der Waals surface area (Å²) in [6.45, 7) is -0.234. The molecule has 2 atom stereocenters. The number of halogens is 3. The number of alkyl carbamates (subject to hydrolysis) is 1. The lowest BCUT2D eigenvalue weighted by molar-refractivity contribution is -0.166. The van der Waals surface area contributed by atoms with Crippen LogP contribution >= 0.6 is 0 Å². The molecule has 1 fully saturated rings. The molecule has 0 aromatic heterocycles. The molecule has 2 aromatic carbocycles. The van der Waals surface area contributed by atoms with Crippen molar-refractivity contribution in [1.29, 1.82) is 0 Å². The lowest BCUT2D eigenvalue weighted by Crippen LogP contribution is -2.52. The largest absolute Gasteiger partial charge is 0.480 e. The second kappa shape index (κ2) is 9.28. The normalized spacial score (nSPS) is 17.9. The highest BCUT2D eigenvalue weighted by Crippen LogP contribution is 2.44. The maximum absolute atomic E-state index is 13.6. The summed E-state index contributed by atoms with van der Waals surface area (Å²) in [6.07, 6.45) is -8.33. The molecule has 1 heterocycles. The first-order valence-corrected chi connectivity index (χ1v) is 10.6. The maximum atomic E-state index is 13.6. The predicted octanol–water partition coefficient (Wildman–Crippen LogP) is 2.56. The molecule has 12 heteroatoms. The number of carbonyl (C=O) groups excluding carboxylic acids is 3. The van der Waals surface area contributed by atoms with E-state index in [0.29, 0.717) is 5.01 Å². The molecule has 1 saturated heterocycles. The molecule has 3 N–H and O–H groups in total. The van der Waals surface area contributed by atoms with Gasteiger partial charge in [-0.05, 0) is 22.3 Å². The van der Waals surface area contributed by atoms with Crippen LogP contribution in [-0.4, -0.2) is 58.9 Å². The van der Waals surface area contributed by atoms with Crippen LogP contribution in [0.4, 0.5) is 18.0 Å². The van der Waals surface area contributed by atoms with Gasteiger partial charge >= 0.3 is 18.2 Å². The van der Waals surface area contributed by atoms with Gasteiger partial charge in [0.05, 0.1) is 12.8 Å². The number of benzene rings is 2. The van der Waals surface area contributed by atoms with Gasteiger partial charge in [0, 0.05) is 5.92 Å². The summed E-state index contributed by atoms with van der Waals surface area (Å²) in [4.78, 5) is 47.3.